The van der Waals surface area contributed by atoms with E-state index in [-0.39, 0.29) is 17.9 Å². The van der Waals surface area contributed by atoms with Gasteiger partial charge in [0.1, 0.15) is 0 Å². The van der Waals surface area contributed by atoms with Gasteiger partial charge < -0.3 is 10.0 Å². The highest BCUT2D eigenvalue weighted by atomic mass is 32.1. The molecule has 1 amide bonds. The Bertz CT molecular complexity index is 440. The third kappa shape index (κ3) is 1.95. The minimum atomic E-state index is -0.813. The Morgan fingerprint density at radius 2 is 2.19 bits per heavy atom. The summed E-state index contributed by atoms with van der Waals surface area (Å²) in [4.78, 5) is 26.0. The molecular formula is C11H13NO3S. The Kier molecular flexibility index (Phi) is 2.71. The summed E-state index contributed by atoms with van der Waals surface area (Å²) in [5.41, 5.74) is 0. The quantitative estimate of drug-likeness (QED) is 0.871. The molecule has 2 atom stereocenters. The molecule has 1 aliphatic rings. The van der Waals surface area contributed by atoms with Gasteiger partial charge in [0.25, 0.3) is 5.91 Å². The molecule has 1 aromatic heterocycles. The van der Waals surface area contributed by atoms with Gasteiger partial charge in [0, 0.05) is 18.0 Å². The first kappa shape index (κ1) is 11.1. The first-order chi connectivity index (χ1) is 7.50. The Labute approximate surface area is 97.5 Å². The van der Waals surface area contributed by atoms with E-state index in [1.165, 1.54) is 11.3 Å². The van der Waals surface area contributed by atoms with Crippen LogP contribution in [0.5, 0.6) is 0 Å². The van der Waals surface area contributed by atoms with Crippen molar-refractivity contribution in [2.24, 2.45) is 5.92 Å². The average molecular weight is 239 g/mol. The maximum Gasteiger partial charge on any atom is 0.308 e. The predicted octanol–water partition coefficient (Wildman–Crippen LogP) is 1.60. The van der Waals surface area contributed by atoms with Crippen LogP contribution in [-0.4, -0.2) is 35.0 Å². The predicted molar refractivity (Wildman–Crippen MR) is 60.7 cm³/mol. The van der Waals surface area contributed by atoms with Crippen LogP contribution in [0.4, 0.5) is 0 Å². The van der Waals surface area contributed by atoms with Gasteiger partial charge in [-0.3, -0.25) is 9.59 Å². The smallest absolute Gasteiger partial charge is 0.308 e. The Balaban J connectivity index is 2.04. The van der Waals surface area contributed by atoms with E-state index >= 15 is 0 Å². The van der Waals surface area contributed by atoms with Crippen LogP contribution in [-0.2, 0) is 4.79 Å². The van der Waals surface area contributed by atoms with Crippen LogP contribution in [0.2, 0.25) is 0 Å². The summed E-state index contributed by atoms with van der Waals surface area (Å²) in [6.45, 7) is 1.94. The highest BCUT2D eigenvalue weighted by molar-refractivity contribution is 7.13. The van der Waals surface area contributed by atoms with Gasteiger partial charge in [-0.15, -0.1) is 11.3 Å². The fourth-order valence-corrected chi connectivity index (χ4v) is 2.60. The van der Waals surface area contributed by atoms with E-state index in [0.29, 0.717) is 11.3 Å². The number of carbonyl (C=O) groups excluding carboxylic acids is 1. The van der Waals surface area contributed by atoms with Gasteiger partial charge >= 0.3 is 5.97 Å². The zero-order chi connectivity index (χ0) is 11.9. The van der Waals surface area contributed by atoms with Crippen molar-refractivity contribution in [3.8, 4) is 0 Å². The van der Waals surface area contributed by atoms with E-state index in [0.717, 1.165) is 4.88 Å². The van der Waals surface area contributed by atoms with Crippen LogP contribution in [0.25, 0.3) is 0 Å². The molecule has 1 N–H and O–H groups in total. The third-order valence-electron chi connectivity index (χ3n) is 2.84. The van der Waals surface area contributed by atoms with Crippen molar-refractivity contribution in [1.82, 2.24) is 4.90 Å². The highest BCUT2D eigenvalue weighted by Crippen LogP contribution is 2.36. The van der Waals surface area contributed by atoms with Crippen LogP contribution < -0.4 is 0 Å². The minimum Gasteiger partial charge on any atom is -0.481 e. The lowest BCUT2D eigenvalue weighted by atomic mass is 10.3. The maximum absolute atomic E-state index is 12.0. The Morgan fingerprint density at radius 3 is 2.62 bits per heavy atom. The molecule has 0 spiro atoms. The zero-order valence-corrected chi connectivity index (χ0v) is 9.95. The fourth-order valence-electron chi connectivity index (χ4n) is 1.75. The number of amides is 1. The molecule has 16 heavy (non-hydrogen) atoms. The van der Waals surface area contributed by atoms with Gasteiger partial charge in [0.05, 0.1) is 10.8 Å². The Hall–Kier alpha value is -1.36. The first-order valence-electron chi connectivity index (χ1n) is 5.07. The lowest BCUT2D eigenvalue weighted by molar-refractivity contribution is -0.138. The summed E-state index contributed by atoms with van der Waals surface area (Å²) < 4.78 is 0. The number of rotatable bonds is 3. The van der Waals surface area contributed by atoms with Crippen molar-refractivity contribution >= 4 is 23.2 Å². The van der Waals surface area contributed by atoms with E-state index in [4.69, 9.17) is 5.11 Å². The van der Waals surface area contributed by atoms with Crippen LogP contribution in [0, 0.1) is 12.8 Å². The van der Waals surface area contributed by atoms with Gasteiger partial charge in [-0.25, -0.2) is 0 Å². The van der Waals surface area contributed by atoms with Crippen molar-refractivity contribution < 1.29 is 14.7 Å². The second kappa shape index (κ2) is 3.90. The van der Waals surface area contributed by atoms with Crippen molar-refractivity contribution in [2.75, 3.05) is 7.05 Å². The summed E-state index contributed by atoms with van der Waals surface area (Å²) in [6.07, 6.45) is 0.571. The van der Waals surface area contributed by atoms with E-state index in [1.807, 2.05) is 13.0 Å². The highest BCUT2D eigenvalue weighted by Gasteiger charge is 2.47. The number of aliphatic carboxylic acids is 1. The summed E-state index contributed by atoms with van der Waals surface area (Å²) in [7, 11) is 1.67. The summed E-state index contributed by atoms with van der Waals surface area (Å²) in [5, 5.41) is 8.79. The van der Waals surface area contributed by atoms with Gasteiger partial charge in [-0.2, -0.15) is 0 Å². The molecule has 86 valence electrons. The van der Waals surface area contributed by atoms with E-state index in [2.05, 4.69) is 0 Å². The molecule has 4 nitrogen and oxygen atoms in total. The van der Waals surface area contributed by atoms with Crippen LogP contribution in [0.1, 0.15) is 21.0 Å². The average Bonchev–Trinajstić information content (AvgIpc) is 2.93. The molecule has 0 saturated heterocycles. The molecule has 1 aliphatic carbocycles. The van der Waals surface area contributed by atoms with E-state index < -0.39 is 5.97 Å². The number of nitrogens with zero attached hydrogens (tertiary/aromatic N) is 1. The molecule has 1 saturated carbocycles. The first-order valence-corrected chi connectivity index (χ1v) is 5.88. The molecule has 1 heterocycles. The number of hydrogen-bond donors (Lipinski definition) is 1. The van der Waals surface area contributed by atoms with Crippen LogP contribution in [0.15, 0.2) is 12.1 Å². The van der Waals surface area contributed by atoms with Crippen molar-refractivity contribution in [3.63, 3.8) is 0 Å². The number of carbonyl (C=O) groups is 2. The summed E-state index contributed by atoms with van der Waals surface area (Å²) in [5.74, 6) is -1.27. The van der Waals surface area contributed by atoms with Gasteiger partial charge in [-0.05, 0) is 25.5 Å². The van der Waals surface area contributed by atoms with Gasteiger partial charge in [0.15, 0.2) is 0 Å². The number of carboxylic acids is 1. The third-order valence-corrected chi connectivity index (χ3v) is 3.83. The molecule has 2 unspecified atom stereocenters. The SMILES string of the molecule is Cc1ccc(C(=O)N(C)C2CC2C(=O)O)s1. The molecule has 0 bridgehead atoms. The van der Waals surface area contributed by atoms with Crippen molar-refractivity contribution in [2.45, 2.75) is 19.4 Å². The summed E-state index contributed by atoms with van der Waals surface area (Å²) in [6, 6.07) is 3.55. The van der Waals surface area contributed by atoms with Gasteiger partial charge in [0.2, 0.25) is 0 Å². The molecule has 0 aromatic carbocycles. The second-order valence-electron chi connectivity index (χ2n) is 4.07. The number of carboxylic acid groups (broad SMARTS) is 1. The monoisotopic (exact) mass is 239 g/mol. The zero-order valence-electron chi connectivity index (χ0n) is 9.14. The molecule has 0 radical (unpaired) electrons. The lowest BCUT2D eigenvalue weighted by Crippen LogP contribution is -2.30. The number of aryl methyl sites for hydroxylation is 1. The van der Waals surface area contributed by atoms with E-state index in [1.54, 1.807) is 18.0 Å². The summed E-state index contributed by atoms with van der Waals surface area (Å²) >= 11 is 1.44. The lowest BCUT2D eigenvalue weighted by Gasteiger charge is -2.15. The topological polar surface area (TPSA) is 57.6 Å². The molecule has 1 aromatic rings. The molecular weight excluding hydrogens is 226 g/mol. The second-order valence-corrected chi connectivity index (χ2v) is 5.36. The maximum atomic E-state index is 12.0. The molecule has 2 rings (SSSR count). The van der Waals surface area contributed by atoms with E-state index in [9.17, 15) is 9.59 Å². The molecule has 5 heteroatoms. The normalized spacial score (nSPS) is 22.9. The van der Waals surface area contributed by atoms with Crippen molar-refractivity contribution in [3.05, 3.63) is 21.9 Å². The van der Waals surface area contributed by atoms with Gasteiger partial charge in [-0.1, -0.05) is 0 Å². The number of hydrogen-bond acceptors (Lipinski definition) is 3. The standard InChI is InChI=1S/C11H13NO3S/c1-6-3-4-9(16-6)10(13)12(2)8-5-7(8)11(14)15/h3-4,7-8H,5H2,1-2H3,(H,14,15). The van der Waals surface area contributed by atoms with Crippen LogP contribution in [0.3, 0.4) is 0 Å². The van der Waals surface area contributed by atoms with Crippen molar-refractivity contribution in [1.29, 1.82) is 0 Å². The molecule has 0 aliphatic heterocycles. The van der Waals surface area contributed by atoms with Crippen LogP contribution >= 0.6 is 11.3 Å². The Morgan fingerprint density at radius 1 is 1.50 bits per heavy atom. The number of thiophene rings is 1. The minimum absolute atomic E-state index is 0.0770. The fraction of sp³-hybridized carbons (Fsp3) is 0.455. The largest absolute Gasteiger partial charge is 0.481 e. The molecule has 1 fully saturated rings.